The van der Waals surface area contributed by atoms with Crippen LogP contribution in [0.5, 0.6) is 0 Å². The molecule has 0 radical (unpaired) electrons. The molecule has 2 rings (SSSR count). The second kappa shape index (κ2) is 4.76. The maximum atomic E-state index is 10.3. The van der Waals surface area contributed by atoms with Gasteiger partial charge >= 0.3 is 5.97 Å². The van der Waals surface area contributed by atoms with Crippen molar-refractivity contribution in [3.8, 4) is 0 Å². The average molecular weight is 256 g/mol. The predicted molar refractivity (Wildman–Crippen MR) is 60.0 cm³/mol. The molecule has 0 spiro atoms. The van der Waals surface area contributed by atoms with Crippen LogP contribution in [-0.4, -0.2) is 37.5 Å². The summed E-state index contributed by atoms with van der Waals surface area (Å²) in [7, 11) is 0. The lowest BCUT2D eigenvalue weighted by molar-refractivity contribution is -0.142. The molecule has 7 nitrogen and oxygen atoms in total. The number of hydrogen-bond acceptors (Lipinski definition) is 6. The highest BCUT2D eigenvalue weighted by Gasteiger charge is 2.14. The summed E-state index contributed by atoms with van der Waals surface area (Å²) in [5, 5.41) is 21.4. The van der Waals surface area contributed by atoms with Crippen LogP contribution in [0.2, 0.25) is 0 Å². The van der Waals surface area contributed by atoms with Crippen molar-refractivity contribution in [2.45, 2.75) is 26.4 Å². The number of rotatable bonds is 5. The number of carboxylic acid groups (broad SMARTS) is 1. The van der Waals surface area contributed by atoms with E-state index < -0.39 is 5.97 Å². The standard InChI is InChI=1S/C9H12N4O3S/c1-5(2)8-10-11-9-13(8)12-6(17-9)3-16-4-7(14)15/h5H,3-4H2,1-2H3,(H,14,15). The van der Waals surface area contributed by atoms with Gasteiger partial charge in [-0.2, -0.15) is 9.61 Å². The van der Waals surface area contributed by atoms with Crippen molar-refractivity contribution in [2.75, 3.05) is 6.61 Å². The number of fused-ring (bicyclic) bond motifs is 1. The molecule has 0 aliphatic heterocycles. The lowest BCUT2D eigenvalue weighted by atomic mass is 10.2. The van der Waals surface area contributed by atoms with Crippen LogP contribution in [0.15, 0.2) is 0 Å². The molecule has 0 fully saturated rings. The lowest BCUT2D eigenvalue weighted by Crippen LogP contribution is -2.07. The van der Waals surface area contributed by atoms with E-state index in [2.05, 4.69) is 15.3 Å². The molecule has 0 atom stereocenters. The topological polar surface area (TPSA) is 89.6 Å². The molecule has 0 saturated heterocycles. The molecule has 0 saturated carbocycles. The predicted octanol–water partition coefficient (Wildman–Crippen LogP) is 0.910. The molecule has 0 aliphatic rings. The van der Waals surface area contributed by atoms with Crippen molar-refractivity contribution in [3.05, 3.63) is 10.8 Å². The Morgan fingerprint density at radius 3 is 2.94 bits per heavy atom. The Labute approximate surface area is 101 Å². The van der Waals surface area contributed by atoms with Gasteiger partial charge in [0.15, 0.2) is 5.82 Å². The van der Waals surface area contributed by atoms with Crippen molar-refractivity contribution in [1.29, 1.82) is 0 Å². The van der Waals surface area contributed by atoms with E-state index in [-0.39, 0.29) is 19.1 Å². The molecule has 2 aromatic heterocycles. The summed E-state index contributed by atoms with van der Waals surface area (Å²) in [4.78, 5) is 11.0. The summed E-state index contributed by atoms with van der Waals surface area (Å²) in [6.45, 7) is 3.88. The first kappa shape index (κ1) is 11.9. The normalized spacial score (nSPS) is 11.5. The molecule has 8 heteroatoms. The Hall–Kier alpha value is -1.54. The zero-order valence-corrected chi connectivity index (χ0v) is 10.3. The van der Waals surface area contributed by atoms with Crippen LogP contribution < -0.4 is 0 Å². The van der Waals surface area contributed by atoms with E-state index in [1.165, 1.54) is 11.3 Å². The van der Waals surface area contributed by atoms with Crippen molar-refractivity contribution in [1.82, 2.24) is 19.8 Å². The second-order valence-electron chi connectivity index (χ2n) is 3.79. The molecule has 0 bridgehead atoms. The number of ether oxygens (including phenoxy) is 1. The van der Waals surface area contributed by atoms with Gasteiger partial charge in [0, 0.05) is 5.92 Å². The minimum atomic E-state index is -0.990. The van der Waals surface area contributed by atoms with Crippen LogP contribution in [0.25, 0.3) is 4.96 Å². The van der Waals surface area contributed by atoms with Crippen LogP contribution in [0.1, 0.15) is 30.6 Å². The summed E-state index contributed by atoms with van der Waals surface area (Å²) in [5.41, 5.74) is 0. The molecule has 1 N–H and O–H groups in total. The fourth-order valence-corrected chi connectivity index (χ4v) is 2.09. The molecule has 92 valence electrons. The SMILES string of the molecule is CC(C)c1nnc2sc(COCC(=O)O)nn12. The Bertz CT molecular complexity index is 533. The summed E-state index contributed by atoms with van der Waals surface area (Å²) in [6, 6.07) is 0. The van der Waals surface area contributed by atoms with Gasteiger partial charge in [0.25, 0.3) is 0 Å². The fourth-order valence-electron chi connectivity index (χ4n) is 1.32. The number of carbonyl (C=O) groups is 1. The minimum absolute atomic E-state index is 0.178. The Morgan fingerprint density at radius 2 is 2.29 bits per heavy atom. The molecule has 0 amide bonds. The third-order valence-corrected chi connectivity index (χ3v) is 2.90. The molecule has 0 unspecified atom stereocenters. The molecule has 17 heavy (non-hydrogen) atoms. The van der Waals surface area contributed by atoms with Crippen LogP contribution in [0.3, 0.4) is 0 Å². The van der Waals surface area contributed by atoms with Gasteiger partial charge < -0.3 is 9.84 Å². The Morgan fingerprint density at radius 1 is 1.53 bits per heavy atom. The van der Waals surface area contributed by atoms with Crippen LogP contribution in [-0.2, 0) is 16.1 Å². The largest absolute Gasteiger partial charge is 0.480 e. The smallest absolute Gasteiger partial charge is 0.329 e. The average Bonchev–Trinajstić information content (AvgIpc) is 2.75. The van der Waals surface area contributed by atoms with Crippen molar-refractivity contribution >= 4 is 22.3 Å². The number of nitrogens with zero attached hydrogens (tertiary/aromatic N) is 4. The van der Waals surface area contributed by atoms with E-state index >= 15 is 0 Å². The van der Waals surface area contributed by atoms with Gasteiger partial charge in [-0.25, -0.2) is 4.79 Å². The van der Waals surface area contributed by atoms with Gasteiger partial charge in [-0.1, -0.05) is 25.2 Å². The molecular formula is C9H12N4O3S. The first-order valence-corrected chi connectivity index (χ1v) is 5.90. The van der Waals surface area contributed by atoms with Crippen molar-refractivity contribution in [3.63, 3.8) is 0 Å². The number of aromatic nitrogens is 4. The molecule has 2 aromatic rings. The summed E-state index contributed by atoms with van der Waals surface area (Å²) < 4.78 is 6.64. The second-order valence-corrected chi connectivity index (χ2v) is 4.83. The lowest BCUT2D eigenvalue weighted by Gasteiger charge is -1.98. The van der Waals surface area contributed by atoms with E-state index in [0.717, 1.165) is 5.82 Å². The van der Waals surface area contributed by atoms with E-state index in [9.17, 15) is 4.79 Å². The molecule has 0 aliphatic carbocycles. The first-order valence-electron chi connectivity index (χ1n) is 5.08. The minimum Gasteiger partial charge on any atom is -0.480 e. The molecule has 2 heterocycles. The maximum Gasteiger partial charge on any atom is 0.329 e. The Kier molecular flexibility index (Phi) is 3.34. The molecule has 0 aromatic carbocycles. The van der Waals surface area contributed by atoms with Gasteiger partial charge in [0.1, 0.15) is 18.2 Å². The molecular weight excluding hydrogens is 244 g/mol. The summed E-state index contributed by atoms with van der Waals surface area (Å²) in [5.74, 6) is 0.0384. The van der Waals surface area contributed by atoms with Gasteiger partial charge in [-0.05, 0) is 0 Å². The van der Waals surface area contributed by atoms with E-state index in [1.54, 1.807) is 4.52 Å². The Balaban J connectivity index is 2.12. The summed E-state index contributed by atoms with van der Waals surface area (Å²) in [6.07, 6.45) is 0. The first-order chi connectivity index (χ1) is 8.08. The van der Waals surface area contributed by atoms with E-state index in [0.29, 0.717) is 9.97 Å². The van der Waals surface area contributed by atoms with E-state index in [1.807, 2.05) is 13.8 Å². The third kappa shape index (κ3) is 2.59. The fraction of sp³-hybridized carbons (Fsp3) is 0.556. The monoisotopic (exact) mass is 256 g/mol. The highest BCUT2D eigenvalue weighted by molar-refractivity contribution is 7.16. The third-order valence-electron chi connectivity index (χ3n) is 2.02. The van der Waals surface area contributed by atoms with Crippen LogP contribution >= 0.6 is 11.3 Å². The van der Waals surface area contributed by atoms with Crippen LogP contribution in [0, 0.1) is 0 Å². The zero-order valence-electron chi connectivity index (χ0n) is 9.45. The van der Waals surface area contributed by atoms with Crippen molar-refractivity contribution in [2.24, 2.45) is 0 Å². The highest BCUT2D eigenvalue weighted by atomic mass is 32.1. The maximum absolute atomic E-state index is 10.3. The van der Waals surface area contributed by atoms with Gasteiger partial charge in [-0.3, -0.25) is 0 Å². The quantitative estimate of drug-likeness (QED) is 0.855. The van der Waals surface area contributed by atoms with Gasteiger partial charge in [0.05, 0.1) is 0 Å². The van der Waals surface area contributed by atoms with Gasteiger partial charge in [0.2, 0.25) is 4.96 Å². The van der Waals surface area contributed by atoms with Crippen LogP contribution in [0.4, 0.5) is 0 Å². The highest BCUT2D eigenvalue weighted by Crippen LogP contribution is 2.18. The van der Waals surface area contributed by atoms with Crippen molar-refractivity contribution < 1.29 is 14.6 Å². The van der Waals surface area contributed by atoms with Gasteiger partial charge in [-0.15, -0.1) is 10.2 Å². The number of aliphatic carboxylic acids is 1. The summed E-state index contributed by atoms with van der Waals surface area (Å²) >= 11 is 1.35. The van der Waals surface area contributed by atoms with E-state index in [4.69, 9.17) is 9.84 Å². The number of carboxylic acids is 1. The zero-order chi connectivity index (χ0) is 12.4. The number of hydrogen-bond donors (Lipinski definition) is 1.